The Hall–Kier alpha value is -4.02. The van der Waals surface area contributed by atoms with Crippen LogP contribution in [0.1, 0.15) is 28.8 Å². The van der Waals surface area contributed by atoms with Crippen LogP contribution in [0.3, 0.4) is 0 Å². The molecule has 2 aromatic carbocycles. The number of fused-ring (bicyclic) bond motifs is 1. The van der Waals surface area contributed by atoms with Crippen LogP contribution in [0.4, 0.5) is 11.6 Å². The summed E-state index contributed by atoms with van der Waals surface area (Å²) in [7, 11) is 0. The molecule has 8 heteroatoms. The van der Waals surface area contributed by atoms with Crippen molar-refractivity contribution in [2.75, 3.05) is 4.90 Å². The highest BCUT2D eigenvalue weighted by molar-refractivity contribution is 6.30. The monoisotopic (exact) mass is 442 g/mol. The quantitative estimate of drug-likeness (QED) is 0.473. The minimum absolute atomic E-state index is 0.273. The van der Waals surface area contributed by atoms with E-state index < -0.39 is 5.92 Å². The molecule has 1 aliphatic heterocycles. The van der Waals surface area contributed by atoms with E-state index in [4.69, 9.17) is 21.8 Å². The summed E-state index contributed by atoms with van der Waals surface area (Å²) in [6.45, 7) is 3.69. The number of nitrogens with two attached hydrogens (primary N) is 1. The Morgan fingerprint density at radius 1 is 1.03 bits per heavy atom. The lowest BCUT2D eigenvalue weighted by Gasteiger charge is -2.31. The highest BCUT2D eigenvalue weighted by Crippen LogP contribution is 2.48. The number of allylic oxidation sites excluding steroid dienone is 1. The van der Waals surface area contributed by atoms with Crippen molar-refractivity contribution >= 4 is 23.2 Å². The van der Waals surface area contributed by atoms with Gasteiger partial charge in [-0.3, -0.25) is 4.90 Å². The molecule has 0 spiro atoms. The zero-order valence-corrected chi connectivity index (χ0v) is 18.2. The molecule has 32 heavy (non-hydrogen) atoms. The van der Waals surface area contributed by atoms with Gasteiger partial charge in [0.2, 0.25) is 5.88 Å². The minimum Gasteiger partial charge on any atom is -0.424 e. The van der Waals surface area contributed by atoms with Gasteiger partial charge in [-0.25, -0.2) is 9.67 Å². The third-order valence-corrected chi connectivity index (χ3v) is 5.84. The van der Waals surface area contributed by atoms with E-state index in [0.29, 0.717) is 28.6 Å². The number of benzene rings is 2. The average molecular weight is 443 g/mol. The molecule has 0 aliphatic carbocycles. The van der Waals surface area contributed by atoms with Gasteiger partial charge in [0, 0.05) is 18.2 Å². The number of aryl methyl sites for hydroxylation is 1. The summed E-state index contributed by atoms with van der Waals surface area (Å²) >= 11 is 6.65. The minimum atomic E-state index is -0.600. The molecule has 0 radical (unpaired) electrons. The van der Waals surface area contributed by atoms with Crippen LogP contribution in [-0.4, -0.2) is 14.8 Å². The number of hydrogen-bond acceptors (Lipinski definition) is 6. The van der Waals surface area contributed by atoms with E-state index >= 15 is 0 Å². The molecule has 5 rings (SSSR count). The Morgan fingerprint density at radius 3 is 2.28 bits per heavy atom. The first-order valence-electron chi connectivity index (χ1n) is 10.0. The Morgan fingerprint density at radius 2 is 1.66 bits per heavy atom. The highest BCUT2D eigenvalue weighted by Gasteiger charge is 2.41. The van der Waals surface area contributed by atoms with E-state index in [2.05, 4.69) is 16.2 Å². The van der Waals surface area contributed by atoms with Gasteiger partial charge in [-0.2, -0.15) is 10.4 Å². The van der Waals surface area contributed by atoms with Crippen molar-refractivity contribution in [3.05, 3.63) is 100 Å². The van der Waals surface area contributed by atoms with E-state index in [-0.39, 0.29) is 11.0 Å². The summed E-state index contributed by atoms with van der Waals surface area (Å²) in [4.78, 5) is 6.35. The van der Waals surface area contributed by atoms with Crippen molar-refractivity contribution in [1.29, 1.82) is 5.26 Å². The molecule has 2 N–H and O–H groups in total. The van der Waals surface area contributed by atoms with Crippen LogP contribution in [0.15, 0.2) is 76.5 Å². The van der Waals surface area contributed by atoms with Gasteiger partial charge in [0.25, 0.3) is 0 Å². The van der Waals surface area contributed by atoms with Gasteiger partial charge in [0.05, 0.1) is 28.9 Å². The summed E-state index contributed by atoms with van der Waals surface area (Å²) in [5.74, 6) is 0.614. The molecular weight excluding hydrogens is 424 g/mol. The summed E-state index contributed by atoms with van der Waals surface area (Å²) in [6, 6.07) is 21.5. The fourth-order valence-electron chi connectivity index (χ4n) is 4.16. The van der Waals surface area contributed by atoms with Gasteiger partial charge in [-0.05, 0) is 31.2 Å². The van der Waals surface area contributed by atoms with Gasteiger partial charge >= 0.3 is 0 Å². The standard InChI is InChI=1S/C24H19ClN6O/c1-14-19(22(25)29-31(14)17-11-7-4-8-12-17)20-18(13-26)23(27)30(16-9-5-3-6-10-16)24-21(20)28-15(2)32-24/h3-12,20H,27H2,1-2H3. The maximum atomic E-state index is 10.2. The number of halogens is 1. The topological polar surface area (TPSA) is 96.9 Å². The number of rotatable bonds is 3. The SMILES string of the molecule is Cc1nc2c(o1)N(c1ccccc1)C(N)=C(C#N)C2c1c(Cl)nn(-c2ccccc2)c1C. The van der Waals surface area contributed by atoms with Gasteiger partial charge in [0.1, 0.15) is 11.5 Å². The molecule has 158 valence electrons. The second-order valence-electron chi connectivity index (χ2n) is 7.48. The Balaban J connectivity index is 1.75. The number of hydrogen-bond donors (Lipinski definition) is 1. The third-order valence-electron chi connectivity index (χ3n) is 5.57. The fraction of sp³-hybridized carbons (Fsp3) is 0.125. The average Bonchev–Trinajstić information content (AvgIpc) is 3.32. The summed E-state index contributed by atoms with van der Waals surface area (Å²) < 4.78 is 7.74. The normalized spacial score (nSPS) is 15.6. The molecule has 7 nitrogen and oxygen atoms in total. The third kappa shape index (κ3) is 2.96. The molecule has 0 fully saturated rings. The molecule has 2 aromatic heterocycles. The predicted octanol–water partition coefficient (Wildman–Crippen LogP) is 5.11. The number of aromatic nitrogens is 3. The second-order valence-corrected chi connectivity index (χ2v) is 7.83. The molecule has 4 aromatic rings. The van der Waals surface area contributed by atoms with E-state index in [0.717, 1.165) is 17.1 Å². The van der Waals surface area contributed by atoms with Crippen molar-refractivity contribution in [2.24, 2.45) is 5.73 Å². The number of oxazole rings is 1. The van der Waals surface area contributed by atoms with Crippen LogP contribution in [-0.2, 0) is 0 Å². The lowest BCUT2D eigenvalue weighted by molar-refractivity contribution is 0.522. The van der Waals surface area contributed by atoms with Crippen molar-refractivity contribution in [3.8, 4) is 11.8 Å². The van der Waals surface area contributed by atoms with E-state index in [1.807, 2.05) is 67.6 Å². The summed E-state index contributed by atoms with van der Waals surface area (Å²) in [5, 5.41) is 15.0. The van der Waals surface area contributed by atoms with E-state index in [1.54, 1.807) is 16.5 Å². The molecule has 0 amide bonds. The van der Waals surface area contributed by atoms with Gasteiger partial charge in [-0.1, -0.05) is 48.0 Å². The number of para-hydroxylation sites is 2. The van der Waals surface area contributed by atoms with Crippen molar-refractivity contribution < 1.29 is 4.42 Å². The molecule has 3 heterocycles. The van der Waals surface area contributed by atoms with Crippen LogP contribution >= 0.6 is 11.6 Å². The smallest absolute Gasteiger partial charge is 0.230 e. The van der Waals surface area contributed by atoms with Crippen LogP contribution < -0.4 is 10.6 Å². The fourth-order valence-corrected chi connectivity index (χ4v) is 4.48. The zero-order valence-electron chi connectivity index (χ0n) is 17.5. The van der Waals surface area contributed by atoms with Crippen molar-refractivity contribution in [2.45, 2.75) is 19.8 Å². The first-order valence-corrected chi connectivity index (χ1v) is 10.4. The zero-order chi connectivity index (χ0) is 22.4. The van der Waals surface area contributed by atoms with Crippen LogP contribution in [0.2, 0.25) is 5.15 Å². The number of nitrogens with zero attached hydrogens (tertiary/aromatic N) is 5. The molecule has 0 saturated heterocycles. The maximum Gasteiger partial charge on any atom is 0.230 e. The molecule has 0 saturated carbocycles. The second kappa shape index (κ2) is 7.59. The van der Waals surface area contributed by atoms with Crippen LogP contribution in [0, 0.1) is 25.2 Å². The predicted molar refractivity (Wildman–Crippen MR) is 122 cm³/mol. The Kier molecular flexibility index (Phi) is 4.72. The number of anilines is 2. The van der Waals surface area contributed by atoms with Crippen molar-refractivity contribution in [3.63, 3.8) is 0 Å². The summed E-state index contributed by atoms with van der Waals surface area (Å²) in [5.41, 5.74) is 10.6. The first-order chi connectivity index (χ1) is 15.5. The highest BCUT2D eigenvalue weighted by atomic mass is 35.5. The van der Waals surface area contributed by atoms with E-state index in [1.165, 1.54) is 0 Å². The molecule has 1 atom stereocenters. The maximum absolute atomic E-state index is 10.2. The largest absolute Gasteiger partial charge is 0.424 e. The molecule has 0 bridgehead atoms. The van der Waals surface area contributed by atoms with Crippen molar-refractivity contribution in [1.82, 2.24) is 14.8 Å². The summed E-state index contributed by atoms with van der Waals surface area (Å²) in [6.07, 6.45) is 0. The first kappa shape index (κ1) is 19.9. The molecule has 1 unspecified atom stereocenters. The Labute approximate surface area is 190 Å². The molecular formula is C24H19ClN6O. The van der Waals surface area contributed by atoms with Crippen LogP contribution in [0.5, 0.6) is 0 Å². The van der Waals surface area contributed by atoms with Gasteiger partial charge < -0.3 is 10.2 Å². The van der Waals surface area contributed by atoms with Crippen LogP contribution in [0.25, 0.3) is 5.69 Å². The van der Waals surface area contributed by atoms with Gasteiger partial charge in [-0.15, -0.1) is 0 Å². The number of nitriles is 1. The molecule has 1 aliphatic rings. The lowest BCUT2D eigenvalue weighted by atomic mass is 9.86. The van der Waals surface area contributed by atoms with E-state index in [9.17, 15) is 5.26 Å². The van der Waals surface area contributed by atoms with Gasteiger partial charge in [0.15, 0.2) is 11.0 Å². The Bertz CT molecular complexity index is 1380. The lowest BCUT2D eigenvalue weighted by Crippen LogP contribution is -2.31.